The number of carbonyl (C=O) groups excluding carboxylic acids is 1. The molecular weight excluding hydrogens is 516 g/mol. The Labute approximate surface area is 228 Å². The first kappa shape index (κ1) is 26.3. The standard InChI is InChI=1S/C29H32N4O3S2/c1-21(22-8-4-3-5-9-22)18-28(34)33(20-27-30-15-16-32(27)2)24-14-13-23-10-6-11-26(25(23)19-24)31-38(35,36)29-12-7-17-37-29/h3-5,7-9,12-17,19,21,26,31H,6,10-11,18,20H2,1-2H3/t21-,26-/m1/s1. The first-order chi connectivity index (χ1) is 18.3. The normalized spacial score (nSPS) is 16.1. The second-order valence-electron chi connectivity index (χ2n) is 9.83. The number of amides is 1. The number of hydrogen-bond donors (Lipinski definition) is 1. The highest BCUT2D eigenvalue weighted by atomic mass is 32.2. The molecule has 2 heterocycles. The number of aromatic nitrogens is 2. The SMILES string of the molecule is C[C@H](CC(=O)N(Cc1nccn1C)c1ccc2c(c1)[C@H](NS(=O)(=O)c1cccs1)CCC2)c1ccccc1. The molecule has 4 aromatic rings. The van der Waals surface area contributed by atoms with E-state index in [1.807, 2.05) is 66.3 Å². The van der Waals surface area contributed by atoms with E-state index in [1.54, 1.807) is 28.6 Å². The number of thiophene rings is 1. The Balaban J connectivity index is 1.46. The van der Waals surface area contributed by atoms with Crippen molar-refractivity contribution in [1.82, 2.24) is 14.3 Å². The van der Waals surface area contributed by atoms with E-state index >= 15 is 0 Å². The Morgan fingerprint density at radius 3 is 2.71 bits per heavy atom. The van der Waals surface area contributed by atoms with Crippen LogP contribution in [0, 0.1) is 0 Å². The van der Waals surface area contributed by atoms with Crippen molar-refractivity contribution in [1.29, 1.82) is 0 Å². The van der Waals surface area contributed by atoms with Crippen LogP contribution in [0.1, 0.15) is 60.7 Å². The van der Waals surface area contributed by atoms with Gasteiger partial charge in [0.15, 0.2) is 0 Å². The average Bonchev–Trinajstić information content (AvgIpc) is 3.60. The predicted molar refractivity (Wildman–Crippen MR) is 151 cm³/mol. The molecule has 1 aliphatic carbocycles. The zero-order valence-corrected chi connectivity index (χ0v) is 23.2. The Hall–Kier alpha value is -3.27. The van der Waals surface area contributed by atoms with Crippen LogP contribution >= 0.6 is 11.3 Å². The van der Waals surface area contributed by atoms with Gasteiger partial charge in [-0.2, -0.15) is 0 Å². The smallest absolute Gasteiger partial charge is 0.250 e. The van der Waals surface area contributed by atoms with Gasteiger partial charge in [-0.05, 0) is 65.4 Å². The van der Waals surface area contributed by atoms with Crippen molar-refractivity contribution >= 4 is 33.0 Å². The van der Waals surface area contributed by atoms with Crippen molar-refractivity contribution in [3.63, 3.8) is 0 Å². The van der Waals surface area contributed by atoms with Crippen LogP contribution in [0.25, 0.3) is 0 Å². The monoisotopic (exact) mass is 548 g/mol. The number of sulfonamides is 1. The van der Waals surface area contributed by atoms with Gasteiger partial charge in [0, 0.05) is 37.6 Å². The molecule has 0 bridgehead atoms. The number of rotatable bonds is 9. The minimum absolute atomic E-state index is 0.00386. The number of benzene rings is 2. The summed E-state index contributed by atoms with van der Waals surface area (Å²) in [5.74, 6) is 0.824. The van der Waals surface area contributed by atoms with Gasteiger partial charge in [0.25, 0.3) is 10.0 Å². The molecule has 198 valence electrons. The zero-order valence-electron chi connectivity index (χ0n) is 21.6. The Kier molecular flexibility index (Phi) is 7.78. The summed E-state index contributed by atoms with van der Waals surface area (Å²) >= 11 is 1.21. The minimum atomic E-state index is -3.63. The van der Waals surface area contributed by atoms with Crippen LogP contribution in [-0.2, 0) is 34.8 Å². The van der Waals surface area contributed by atoms with E-state index in [9.17, 15) is 13.2 Å². The highest BCUT2D eigenvalue weighted by Crippen LogP contribution is 2.35. The van der Waals surface area contributed by atoms with E-state index < -0.39 is 10.0 Å². The summed E-state index contributed by atoms with van der Waals surface area (Å²) in [5.41, 5.74) is 3.91. The molecule has 7 nitrogen and oxygen atoms in total. The third-order valence-corrected chi connectivity index (χ3v) is 10.1. The fourth-order valence-corrected chi connectivity index (χ4v) is 7.28. The lowest BCUT2D eigenvalue weighted by molar-refractivity contribution is -0.119. The van der Waals surface area contributed by atoms with Gasteiger partial charge in [-0.1, -0.05) is 49.4 Å². The summed E-state index contributed by atoms with van der Waals surface area (Å²) < 4.78 is 31.2. The highest BCUT2D eigenvalue weighted by molar-refractivity contribution is 7.91. The average molecular weight is 549 g/mol. The van der Waals surface area contributed by atoms with Crippen LogP contribution in [0.4, 0.5) is 5.69 Å². The Bertz CT molecular complexity index is 1500. The van der Waals surface area contributed by atoms with Gasteiger partial charge in [0.05, 0.1) is 6.54 Å². The molecule has 0 spiro atoms. The Morgan fingerprint density at radius 1 is 1.18 bits per heavy atom. The summed E-state index contributed by atoms with van der Waals surface area (Å²) in [6, 6.07) is 19.1. The van der Waals surface area contributed by atoms with E-state index in [1.165, 1.54) is 11.3 Å². The highest BCUT2D eigenvalue weighted by Gasteiger charge is 2.28. The molecule has 0 aliphatic heterocycles. The van der Waals surface area contributed by atoms with Gasteiger partial charge in [-0.15, -0.1) is 11.3 Å². The number of anilines is 1. The maximum atomic E-state index is 13.8. The fourth-order valence-electron chi connectivity index (χ4n) is 5.02. The van der Waals surface area contributed by atoms with E-state index in [0.717, 1.165) is 41.0 Å². The molecule has 2 atom stereocenters. The molecule has 38 heavy (non-hydrogen) atoms. The van der Waals surface area contributed by atoms with Crippen molar-refractivity contribution in [2.24, 2.45) is 7.05 Å². The third kappa shape index (κ3) is 5.75. The maximum absolute atomic E-state index is 13.8. The molecule has 5 rings (SSSR count). The summed E-state index contributed by atoms with van der Waals surface area (Å²) in [6.07, 6.45) is 6.43. The van der Waals surface area contributed by atoms with Crippen molar-refractivity contribution < 1.29 is 13.2 Å². The molecule has 1 aliphatic rings. The van der Waals surface area contributed by atoms with Gasteiger partial charge in [0.2, 0.25) is 5.91 Å². The van der Waals surface area contributed by atoms with Crippen LogP contribution in [0.2, 0.25) is 0 Å². The van der Waals surface area contributed by atoms with Gasteiger partial charge in [-0.3, -0.25) is 4.79 Å². The van der Waals surface area contributed by atoms with Gasteiger partial charge in [0.1, 0.15) is 10.0 Å². The van der Waals surface area contributed by atoms with Crippen LogP contribution in [0.3, 0.4) is 0 Å². The van der Waals surface area contributed by atoms with E-state index in [4.69, 9.17) is 0 Å². The first-order valence-corrected chi connectivity index (χ1v) is 15.2. The number of hydrogen-bond acceptors (Lipinski definition) is 5. The lowest BCUT2D eigenvalue weighted by Crippen LogP contribution is -2.34. The fraction of sp³-hybridized carbons (Fsp3) is 0.310. The summed E-state index contributed by atoms with van der Waals surface area (Å²) in [7, 11) is -1.71. The lowest BCUT2D eigenvalue weighted by atomic mass is 9.87. The van der Waals surface area contributed by atoms with E-state index in [2.05, 4.69) is 16.6 Å². The largest absolute Gasteiger partial charge is 0.337 e. The van der Waals surface area contributed by atoms with Crippen LogP contribution < -0.4 is 9.62 Å². The molecule has 0 unspecified atom stereocenters. The number of nitrogens with zero attached hydrogens (tertiary/aromatic N) is 3. The molecule has 0 saturated heterocycles. The molecule has 0 radical (unpaired) electrons. The lowest BCUT2D eigenvalue weighted by Gasteiger charge is -2.30. The third-order valence-electron chi connectivity index (χ3n) is 7.18. The van der Waals surface area contributed by atoms with E-state index in [0.29, 0.717) is 23.6 Å². The Morgan fingerprint density at radius 2 is 2.00 bits per heavy atom. The second-order valence-corrected chi connectivity index (χ2v) is 12.7. The van der Waals surface area contributed by atoms with Gasteiger partial charge < -0.3 is 9.47 Å². The predicted octanol–water partition coefficient (Wildman–Crippen LogP) is 5.56. The minimum Gasteiger partial charge on any atom is -0.337 e. The number of fused-ring (bicyclic) bond motifs is 1. The summed E-state index contributed by atoms with van der Waals surface area (Å²) in [4.78, 5) is 20.0. The van der Waals surface area contributed by atoms with Gasteiger partial charge >= 0.3 is 0 Å². The second kappa shape index (κ2) is 11.2. The topological polar surface area (TPSA) is 84.3 Å². The maximum Gasteiger partial charge on any atom is 0.250 e. The van der Waals surface area contributed by atoms with E-state index in [-0.39, 0.29) is 17.9 Å². The van der Waals surface area contributed by atoms with Gasteiger partial charge in [-0.25, -0.2) is 18.1 Å². The van der Waals surface area contributed by atoms with Crippen molar-refractivity contribution in [3.05, 3.63) is 101 Å². The van der Waals surface area contributed by atoms with Crippen molar-refractivity contribution in [2.45, 2.75) is 55.3 Å². The van der Waals surface area contributed by atoms with Crippen molar-refractivity contribution in [2.75, 3.05) is 4.90 Å². The molecule has 1 amide bonds. The molecule has 1 N–H and O–H groups in total. The molecular formula is C29H32N4O3S2. The number of aryl methyl sites for hydroxylation is 2. The first-order valence-electron chi connectivity index (χ1n) is 12.8. The van der Waals surface area contributed by atoms with Crippen LogP contribution in [0.5, 0.6) is 0 Å². The van der Waals surface area contributed by atoms with Crippen LogP contribution in [0.15, 0.2) is 82.6 Å². The molecule has 0 fully saturated rings. The molecule has 2 aromatic carbocycles. The molecule has 9 heteroatoms. The van der Waals surface area contributed by atoms with Crippen LogP contribution in [-0.4, -0.2) is 23.9 Å². The number of nitrogens with one attached hydrogen (secondary N) is 1. The van der Waals surface area contributed by atoms with Crippen molar-refractivity contribution in [3.8, 4) is 0 Å². The number of imidazole rings is 1. The zero-order chi connectivity index (χ0) is 26.7. The molecule has 0 saturated carbocycles. The molecule has 2 aromatic heterocycles. The summed E-state index contributed by atoms with van der Waals surface area (Å²) in [5, 5.41) is 1.76. The number of carbonyl (C=O) groups is 1. The quantitative estimate of drug-likeness (QED) is 0.297. The summed E-state index contributed by atoms with van der Waals surface area (Å²) in [6.45, 7) is 2.39.